The van der Waals surface area contributed by atoms with Crippen LogP contribution in [0.3, 0.4) is 0 Å². The van der Waals surface area contributed by atoms with Gasteiger partial charge in [0.1, 0.15) is 6.04 Å². The molecule has 4 aliphatic heterocycles. The molecule has 4 aliphatic rings. The lowest BCUT2D eigenvalue weighted by Gasteiger charge is -2.42. The second kappa shape index (κ2) is 17.3. The number of imidazole rings is 1. The number of aryl methyl sites for hydroxylation is 1. The number of rotatable bonds is 9. The lowest BCUT2D eigenvalue weighted by atomic mass is 9.87. The van der Waals surface area contributed by atoms with Gasteiger partial charge < -0.3 is 15.1 Å². The minimum atomic E-state index is -0.682. The molecule has 0 radical (unpaired) electrons. The first kappa shape index (κ1) is 40.1. The largest absolute Gasteiger partial charge is 0.350 e. The van der Waals surface area contributed by atoms with Crippen LogP contribution in [-0.4, -0.2) is 109 Å². The third-order valence-corrected chi connectivity index (χ3v) is 13.4. The molecule has 4 fully saturated rings. The summed E-state index contributed by atoms with van der Waals surface area (Å²) in [6.07, 6.45) is 8.24. The van der Waals surface area contributed by atoms with Crippen LogP contribution in [0.25, 0.3) is 33.4 Å². The Morgan fingerprint density at radius 2 is 1.60 bits per heavy atom. The molecule has 2 aromatic heterocycles. The fourth-order valence-electron chi connectivity index (χ4n) is 9.82. The van der Waals surface area contributed by atoms with Crippen LogP contribution in [0.5, 0.6) is 0 Å². The van der Waals surface area contributed by atoms with E-state index in [0.29, 0.717) is 48.1 Å². The highest BCUT2D eigenvalue weighted by Gasteiger charge is 2.33. The predicted octanol–water partition coefficient (Wildman–Crippen LogP) is 5.84. The number of likely N-dealkylation sites (tertiary alicyclic amines) is 3. The second-order valence-corrected chi connectivity index (χ2v) is 17.3. The molecule has 14 heteroatoms. The molecule has 2 atom stereocenters. The summed E-state index contributed by atoms with van der Waals surface area (Å²) in [6.45, 7) is 5.67. The van der Waals surface area contributed by atoms with Gasteiger partial charge in [-0.25, -0.2) is 14.8 Å². The summed E-state index contributed by atoms with van der Waals surface area (Å²) in [6, 6.07) is 24.5. The summed E-state index contributed by atoms with van der Waals surface area (Å²) in [5.41, 5.74) is 6.34. The van der Waals surface area contributed by atoms with Gasteiger partial charge in [0.25, 0.3) is 0 Å². The van der Waals surface area contributed by atoms with Crippen molar-refractivity contribution < 1.29 is 14.4 Å². The molecule has 13 nitrogen and oxygen atoms in total. The zero-order valence-corrected chi connectivity index (χ0v) is 34.8. The zero-order chi connectivity index (χ0) is 41.3. The highest BCUT2D eigenvalue weighted by atomic mass is 35.5. The first-order valence-electron chi connectivity index (χ1n) is 21.4. The first-order valence-corrected chi connectivity index (χ1v) is 21.8. The number of hydrogen-bond donors (Lipinski definition) is 2. The Kier molecular flexibility index (Phi) is 11.6. The Morgan fingerprint density at radius 1 is 0.833 bits per heavy atom. The van der Waals surface area contributed by atoms with E-state index >= 15 is 0 Å². The van der Waals surface area contributed by atoms with Gasteiger partial charge in [-0.2, -0.15) is 0 Å². The second-order valence-electron chi connectivity index (χ2n) is 16.9. The summed E-state index contributed by atoms with van der Waals surface area (Å²) < 4.78 is 3.17. The summed E-state index contributed by atoms with van der Waals surface area (Å²) in [4.78, 5) is 67.5. The molecule has 0 spiro atoms. The van der Waals surface area contributed by atoms with E-state index in [4.69, 9.17) is 16.6 Å². The van der Waals surface area contributed by atoms with E-state index in [1.807, 2.05) is 41.3 Å². The lowest BCUT2D eigenvalue weighted by Crippen LogP contribution is -2.51. The third-order valence-electron chi connectivity index (χ3n) is 13.2. The number of halogens is 1. The Morgan fingerprint density at radius 3 is 2.38 bits per heavy atom. The molecule has 3 aromatic carbocycles. The number of nitrogens with zero attached hydrogens (tertiary/aromatic N) is 7. The van der Waals surface area contributed by atoms with Crippen molar-refractivity contribution in [3.63, 3.8) is 0 Å². The molecule has 1 unspecified atom stereocenters. The van der Waals surface area contributed by atoms with Crippen molar-refractivity contribution in [3.8, 4) is 22.4 Å². The fourth-order valence-corrected chi connectivity index (χ4v) is 10.0. The molecule has 60 heavy (non-hydrogen) atoms. The van der Waals surface area contributed by atoms with Gasteiger partial charge in [0.2, 0.25) is 23.7 Å². The first-order chi connectivity index (χ1) is 29.2. The van der Waals surface area contributed by atoms with Crippen molar-refractivity contribution in [2.45, 2.75) is 75.4 Å². The van der Waals surface area contributed by atoms with E-state index in [-0.39, 0.29) is 30.0 Å². The average Bonchev–Trinajstić information content (AvgIpc) is 3.52. The third kappa shape index (κ3) is 8.35. The van der Waals surface area contributed by atoms with Crippen molar-refractivity contribution in [1.29, 1.82) is 0 Å². The Hall–Kier alpha value is -5.37. The van der Waals surface area contributed by atoms with E-state index in [0.717, 1.165) is 99.0 Å². The number of benzene rings is 3. The maximum atomic E-state index is 13.6. The maximum Gasteiger partial charge on any atom is 0.329 e. The van der Waals surface area contributed by atoms with E-state index in [9.17, 15) is 19.2 Å². The summed E-state index contributed by atoms with van der Waals surface area (Å²) >= 11 is 6.62. The van der Waals surface area contributed by atoms with Crippen LogP contribution in [-0.2, 0) is 21.4 Å². The highest BCUT2D eigenvalue weighted by Crippen LogP contribution is 2.34. The van der Waals surface area contributed by atoms with Crippen LogP contribution in [0.2, 0.25) is 5.02 Å². The summed E-state index contributed by atoms with van der Waals surface area (Å²) in [5, 5.41) is 6.38. The smallest absolute Gasteiger partial charge is 0.329 e. The van der Waals surface area contributed by atoms with Crippen molar-refractivity contribution in [1.82, 2.24) is 39.1 Å². The summed E-state index contributed by atoms with van der Waals surface area (Å²) in [7, 11) is 1.75. The molecule has 3 amide bonds. The SMILES string of the molecule is Cn1c(=O)n(C2CCC(=O)NC2=O)c2ccc(C3CCN(C4CCN(CC(=O)N5CCC[C@H](Nc6ncc(Cl)c(-c7cccc(-c8ccccc8)c7)n6)C5)CC4)CC3)cc21. The van der Waals surface area contributed by atoms with Gasteiger partial charge in [0, 0.05) is 57.3 Å². The standard InChI is InChI=1S/C46H52ClN9O4/c1-52-40-26-33(12-13-38(40)56(46(52)60)39-14-15-41(57)50-44(39)59)31-16-23-54(24-17-31)36-18-21-53(22-19-36)29-42(58)55-20-6-11-35(28-55)49-45-48-27-37(47)43(51-45)34-10-5-9-32(25-34)30-7-3-2-4-8-30/h2-5,7-10,12-13,25-27,31,35-36,39H,6,11,14-24,28-29H2,1H3,(H,48,49,51)(H,50,57,59)/t35-,39?/m0/s1. The molecule has 9 rings (SSSR count). The molecule has 312 valence electrons. The van der Waals surface area contributed by atoms with Gasteiger partial charge >= 0.3 is 5.69 Å². The van der Waals surface area contributed by atoms with Gasteiger partial charge in [-0.1, -0.05) is 66.2 Å². The number of carbonyl (C=O) groups excluding carboxylic acids is 3. The molecule has 0 bridgehead atoms. The molecular formula is C46H52ClN9O4. The van der Waals surface area contributed by atoms with Crippen molar-refractivity contribution in [2.24, 2.45) is 7.05 Å². The molecule has 5 aromatic rings. The molecule has 0 saturated carbocycles. The van der Waals surface area contributed by atoms with E-state index in [1.54, 1.807) is 22.4 Å². The molecule has 0 aliphatic carbocycles. The van der Waals surface area contributed by atoms with Crippen molar-refractivity contribution in [3.05, 3.63) is 100 Å². The fraction of sp³-hybridized carbons (Fsp3) is 0.435. The predicted molar refractivity (Wildman–Crippen MR) is 233 cm³/mol. The minimum absolute atomic E-state index is 0.0498. The number of carbonyl (C=O) groups is 3. The molecule has 2 N–H and O–H groups in total. The van der Waals surface area contributed by atoms with Gasteiger partial charge in [0.15, 0.2) is 0 Å². The van der Waals surface area contributed by atoms with Gasteiger partial charge in [-0.05, 0) is 98.8 Å². The Bertz CT molecular complexity index is 2450. The molecule has 6 heterocycles. The van der Waals surface area contributed by atoms with Crippen LogP contribution in [0.1, 0.15) is 68.9 Å². The van der Waals surface area contributed by atoms with E-state index in [2.05, 4.69) is 61.8 Å². The number of anilines is 1. The van der Waals surface area contributed by atoms with Crippen molar-refractivity contribution >= 4 is 46.3 Å². The Labute approximate surface area is 354 Å². The van der Waals surface area contributed by atoms with Gasteiger partial charge in [-0.3, -0.25) is 33.7 Å². The average molecular weight is 830 g/mol. The van der Waals surface area contributed by atoms with E-state index in [1.165, 1.54) is 5.56 Å². The number of amides is 3. The lowest BCUT2D eigenvalue weighted by molar-refractivity contribution is -0.136. The van der Waals surface area contributed by atoms with Crippen LogP contribution < -0.4 is 16.3 Å². The quantitative estimate of drug-likeness (QED) is 0.176. The van der Waals surface area contributed by atoms with Gasteiger partial charge in [-0.15, -0.1) is 0 Å². The minimum Gasteiger partial charge on any atom is -0.350 e. The number of aromatic nitrogens is 4. The van der Waals surface area contributed by atoms with Gasteiger partial charge in [0.05, 0.1) is 34.5 Å². The number of imide groups is 1. The highest BCUT2D eigenvalue weighted by molar-refractivity contribution is 6.33. The monoisotopic (exact) mass is 829 g/mol. The number of piperidine rings is 4. The topological polar surface area (TPSA) is 138 Å². The maximum absolute atomic E-state index is 13.6. The summed E-state index contributed by atoms with van der Waals surface area (Å²) in [5.74, 6) is 0.378. The zero-order valence-electron chi connectivity index (χ0n) is 34.1. The molecule has 4 saturated heterocycles. The van der Waals surface area contributed by atoms with Crippen LogP contribution in [0.4, 0.5) is 5.95 Å². The van der Waals surface area contributed by atoms with Crippen LogP contribution in [0, 0.1) is 0 Å². The number of nitrogens with one attached hydrogen (secondary N) is 2. The normalized spacial score (nSPS) is 21.3. The number of fused-ring (bicyclic) bond motifs is 1. The number of hydrogen-bond acceptors (Lipinski definition) is 9. The van der Waals surface area contributed by atoms with Crippen LogP contribution in [0.15, 0.2) is 83.8 Å². The van der Waals surface area contributed by atoms with Crippen molar-refractivity contribution in [2.75, 3.05) is 51.1 Å². The van der Waals surface area contributed by atoms with Crippen LogP contribution >= 0.6 is 11.6 Å². The van der Waals surface area contributed by atoms with E-state index < -0.39 is 11.9 Å². The molecular weight excluding hydrogens is 778 g/mol. The Balaban J connectivity index is 0.750.